The highest BCUT2D eigenvalue weighted by Gasteiger charge is 2.41. The van der Waals surface area contributed by atoms with Gasteiger partial charge in [-0.15, -0.1) is 0 Å². The fraction of sp³-hybridized carbons (Fsp3) is 0.0294. The van der Waals surface area contributed by atoms with Crippen molar-refractivity contribution < 1.29 is 14.3 Å². The number of amides is 2. The van der Waals surface area contributed by atoms with Gasteiger partial charge in [0.1, 0.15) is 17.9 Å². The van der Waals surface area contributed by atoms with E-state index in [4.69, 9.17) is 17.0 Å². The zero-order valence-electron chi connectivity index (χ0n) is 21.4. The summed E-state index contributed by atoms with van der Waals surface area (Å²) >= 11 is 5.68. The summed E-state index contributed by atoms with van der Waals surface area (Å²) in [5.74, 6) is -0.320. The van der Waals surface area contributed by atoms with Crippen molar-refractivity contribution in [1.82, 2.24) is 0 Å². The summed E-state index contributed by atoms with van der Waals surface area (Å²) < 4.78 is 6.14. The number of thiocarbonyl (C=S) groups is 1. The zero-order valence-corrected chi connectivity index (χ0v) is 22.3. The minimum Gasteiger partial charge on any atom is -0.489 e. The number of para-hydroxylation sites is 2. The van der Waals surface area contributed by atoms with E-state index in [9.17, 15) is 9.59 Å². The van der Waals surface area contributed by atoms with Crippen molar-refractivity contribution in [2.24, 2.45) is 0 Å². The van der Waals surface area contributed by atoms with E-state index in [1.165, 1.54) is 9.80 Å². The number of benzene rings is 5. The van der Waals surface area contributed by atoms with E-state index in [1.54, 1.807) is 30.3 Å². The van der Waals surface area contributed by atoms with Gasteiger partial charge >= 0.3 is 0 Å². The van der Waals surface area contributed by atoms with Crippen molar-refractivity contribution in [1.29, 1.82) is 0 Å². The molecule has 0 atom stereocenters. The Morgan fingerprint density at radius 2 is 1.23 bits per heavy atom. The van der Waals surface area contributed by atoms with Gasteiger partial charge in [0.05, 0.1) is 11.4 Å². The molecule has 5 aromatic carbocycles. The van der Waals surface area contributed by atoms with Crippen LogP contribution < -0.4 is 14.5 Å². The molecule has 0 aromatic heterocycles. The van der Waals surface area contributed by atoms with Crippen molar-refractivity contribution in [3.63, 3.8) is 0 Å². The van der Waals surface area contributed by atoms with Crippen LogP contribution in [0, 0.1) is 0 Å². The Balaban J connectivity index is 1.34. The van der Waals surface area contributed by atoms with Gasteiger partial charge in [0.15, 0.2) is 5.11 Å². The van der Waals surface area contributed by atoms with Crippen LogP contribution in [-0.4, -0.2) is 16.9 Å². The van der Waals surface area contributed by atoms with Crippen LogP contribution in [-0.2, 0) is 16.2 Å². The minimum atomic E-state index is -0.476. The summed E-state index contributed by atoms with van der Waals surface area (Å²) in [5.41, 5.74) is 2.92. The molecule has 40 heavy (non-hydrogen) atoms. The fourth-order valence-corrected chi connectivity index (χ4v) is 5.16. The first kappa shape index (κ1) is 25.2. The lowest BCUT2D eigenvalue weighted by molar-refractivity contribution is -0.120. The van der Waals surface area contributed by atoms with Gasteiger partial charge < -0.3 is 4.74 Å². The number of fused-ring (bicyclic) bond motifs is 1. The lowest BCUT2D eigenvalue weighted by Gasteiger charge is -2.36. The molecule has 5 nitrogen and oxygen atoms in total. The highest BCUT2D eigenvalue weighted by molar-refractivity contribution is 7.81. The van der Waals surface area contributed by atoms with Crippen LogP contribution >= 0.6 is 12.2 Å². The first-order valence-electron chi connectivity index (χ1n) is 12.8. The smallest absolute Gasteiger partial charge is 0.270 e. The van der Waals surface area contributed by atoms with Gasteiger partial charge in [-0.3, -0.25) is 19.4 Å². The average Bonchev–Trinajstić information content (AvgIpc) is 2.99. The monoisotopic (exact) mass is 540 g/mol. The highest BCUT2D eigenvalue weighted by atomic mass is 32.1. The predicted octanol–water partition coefficient (Wildman–Crippen LogP) is 7.17. The molecule has 0 saturated carbocycles. The second-order valence-electron chi connectivity index (χ2n) is 9.29. The molecule has 2 amide bonds. The Hall–Kier alpha value is -5.07. The SMILES string of the molecule is O=C1C(=Cc2cccc(OCc3cccc4ccccc34)c2)C(=O)N(c2ccccc2)C(=S)N1c1ccccc1. The summed E-state index contributed by atoms with van der Waals surface area (Å²) in [4.78, 5) is 30.3. The Bertz CT molecular complexity index is 1700. The Morgan fingerprint density at radius 1 is 0.650 bits per heavy atom. The largest absolute Gasteiger partial charge is 0.489 e. The molecule has 6 rings (SSSR count). The molecule has 1 aliphatic heterocycles. The van der Waals surface area contributed by atoms with Crippen molar-refractivity contribution in [3.8, 4) is 5.75 Å². The van der Waals surface area contributed by atoms with Crippen molar-refractivity contribution in [2.75, 3.05) is 9.80 Å². The molecule has 0 N–H and O–H groups in total. The van der Waals surface area contributed by atoms with E-state index in [-0.39, 0.29) is 10.7 Å². The van der Waals surface area contributed by atoms with E-state index in [2.05, 4.69) is 18.2 Å². The van der Waals surface area contributed by atoms with E-state index < -0.39 is 11.8 Å². The van der Waals surface area contributed by atoms with Gasteiger partial charge in [-0.05, 0) is 76.6 Å². The second kappa shape index (κ2) is 11.0. The van der Waals surface area contributed by atoms with E-state index in [0.717, 1.165) is 16.3 Å². The van der Waals surface area contributed by atoms with Crippen LogP contribution in [0.5, 0.6) is 5.75 Å². The molecule has 0 unspecified atom stereocenters. The quantitative estimate of drug-likeness (QED) is 0.130. The molecule has 0 aliphatic carbocycles. The fourth-order valence-electron chi connectivity index (χ4n) is 4.78. The third-order valence-corrected chi connectivity index (χ3v) is 7.09. The van der Waals surface area contributed by atoms with Crippen LogP contribution in [0.4, 0.5) is 11.4 Å². The predicted molar refractivity (Wildman–Crippen MR) is 163 cm³/mol. The standard InChI is InChI=1S/C34H24N2O3S/c37-32-31(33(38)36(28-17-5-2-6-18-28)34(40)35(32)27-15-3-1-4-16-27)22-24-11-9-19-29(21-24)39-23-26-14-10-13-25-12-7-8-20-30(25)26/h1-22H,23H2. The number of nitrogens with zero attached hydrogens (tertiary/aromatic N) is 2. The lowest BCUT2D eigenvalue weighted by Crippen LogP contribution is -2.56. The maximum absolute atomic E-state index is 13.7. The Morgan fingerprint density at radius 3 is 1.90 bits per heavy atom. The Kier molecular flexibility index (Phi) is 6.91. The normalized spacial score (nSPS) is 13.6. The lowest BCUT2D eigenvalue weighted by atomic mass is 10.0. The van der Waals surface area contributed by atoms with Crippen LogP contribution in [0.2, 0.25) is 0 Å². The van der Waals surface area contributed by atoms with Gasteiger partial charge in [-0.1, -0.05) is 91.0 Å². The van der Waals surface area contributed by atoms with Crippen LogP contribution in [0.3, 0.4) is 0 Å². The molecule has 0 radical (unpaired) electrons. The van der Waals surface area contributed by atoms with Gasteiger partial charge in [-0.2, -0.15) is 0 Å². The molecule has 194 valence electrons. The average molecular weight is 541 g/mol. The summed E-state index contributed by atoms with van der Waals surface area (Å²) in [6.45, 7) is 0.386. The molecule has 1 heterocycles. The molecular weight excluding hydrogens is 516 g/mol. The van der Waals surface area contributed by atoms with E-state index >= 15 is 0 Å². The maximum atomic E-state index is 13.7. The first-order valence-corrected chi connectivity index (χ1v) is 13.3. The van der Waals surface area contributed by atoms with Gasteiger partial charge in [-0.25, -0.2) is 0 Å². The van der Waals surface area contributed by atoms with Gasteiger partial charge in [0.2, 0.25) is 0 Å². The van der Waals surface area contributed by atoms with Crippen molar-refractivity contribution in [2.45, 2.75) is 6.61 Å². The number of hydrogen-bond acceptors (Lipinski definition) is 4. The van der Waals surface area contributed by atoms with Gasteiger partial charge in [0.25, 0.3) is 11.8 Å². The maximum Gasteiger partial charge on any atom is 0.270 e. The number of hydrogen-bond donors (Lipinski definition) is 0. The van der Waals surface area contributed by atoms with Crippen LogP contribution in [0.1, 0.15) is 11.1 Å². The number of anilines is 2. The molecular formula is C34H24N2O3S. The number of rotatable bonds is 6. The highest BCUT2D eigenvalue weighted by Crippen LogP contribution is 2.30. The Labute approximate surface area is 237 Å². The van der Waals surface area contributed by atoms with Crippen molar-refractivity contribution >= 4 is 57.4 Å². The molecule has 5 aromatic rings. The molecule has 1 fully saturated rings. The number of carbonyl (C=O) groups excluding carboxylic acids is 2. The van der Waals surface area contributed by atoms with E-state index in [1.807, 2.05) is 84.9 Å². The van der Waals surface area contributed by atoms with E-state index in [0.29, 0.717) is 29.3 Å². The van der Waals surface area contributed by atoms with Crippen LogP contribution in [0.15, 0.2) is 133 Å². The molecule has 1 aliphatic rings. The van der Waals surface area contributed by atoms with Crippen molar-refractivity contribution in [3.05, 3.63) is 144 Å². The van der Waals surface area contributed by atoms with Gasteiger partial charge in [0, 0.05) is 0 Å². The summed E-state index contributed by atoms with van der Waals surface area (Å²) in [7, 11) is 0. The second-order valence-corrected chi connectivity index (χ2v) is 9.66. The van der Waals surface area contributed by atoms with Crippen LogP contribution in [0.25, 0.3) is 16.8 Å². The number of ether oxygens (including phenoxy) is 1. The topological polar surface area (TPSA) is 49.9 Å². The zero-order chi connectivity index (χ0) is 27.5. The molecule has 0 bridgehead atoms. The molecule has 0 spiro atoms. The summed E-state index contributed by atoms with van der Waals surface area (Å²) in [6.07, 6.45) is 1.60. The summed E-state index contributed by atoms with van der Waals surface area (Å²) in [5, 5.41) is 2.40. The number of carbonyl (C=O) groups is 2. The summed E-state index contributed by atoms with van der Waals surface area (Å²) in [6, 6.07) is 39.9. The molecule has 6 heteroatoms. The third-order valence-electron chi connectivity index (χ3n) is 6.72. The first-order chi connectivity index (χ1) is 19.6. The molecule has 1 saturated heterocycles. The third kappa shape index (κ3) is 4.88. The minimum absolute atomic E-state index is 0.00695.